The molecule has 0 unspecified atom stereocenters. The van der Waals surface area contributed by atoms with Gasteiger partial charge in [0.25, 0.3) is 0 Å². The summed E-state index contributed by atoms with van der Waals surface area (Å²) in [6, 6.07) is 0.0276. The quantitative estimate of drug-likeness (QED) is 0.656. The van der Waals surface area contributed by atoms with Gasteiger partial charge in [-0.2, -0.15) is 0 Å². The summed E-state index contributed by atoms with van der Waals surface area (Å²) in [5.74, 6) is -0.620. The first kappa shape index (κ1) is 12.9. The van der Waals surface area contributed by atoms with Gasteiger partial charge in [0.05, 0.1) is 25.0 Å². The van der Waals surface area contributed by atoms with E-state index in [0.29, 0.717) is 19.8 Å². The van der Waals surface area contributed by atoms with Crippen molar-refractivity contribution in [2.75, 3.05) is 25.5 Å². The molecule has 15 heavy (non-hydrogen) atoms. The molecule has 0 bridgehead atoms. The van der Waals surface area contributed by atoms with E-state index < -0.39 is 15.8 Å². The minimum atomic E-state index is -3.39. The Bertz CT molecular complexity index is 292. The van der Waals surface area contributed by atoms with Crippen molar-refractivity contribution in [3.8, 4) is 0 Å². The lowest BCUT2D eigenvalue weighted by molar-refractivity contribution is -0.252. The molecule has 0 atom stereocenters. The van der Waals surface area contributed by atoms with Crippen LogP contribution in [0.2, 0.25) is 0 Å². The van der Waals surface area contributed by atoms with Crippen LogP contribution in [0, 0.1) is 0 Å². The molecular formula is C8H18N2O4S. The first-order chi connectivity index (χ1) is 6.79. The molecule has 0 spiro atoms. The average molecular weight is 238 g/mol. The molecule has 0 aromatic heterocycles. The van der Waals surface area contributed by atoms with E-state index in [9.17, 15) is 8.42 Å². The molecule has 90 valence electrons. The SMILES string of the molecule is CC1(C)OCC(NCCS(N)(=O)=O)CO1. The number of nitrogens with two attached hydrogens (primary N) is 1. The van der Waals surface area contributed by atoms with Crippen LogP contribution in [0.4, 0.5) is 0 Å². The minimum absolute atomic E-state index is 0.0276. The third-order valence-electron chi connectivity index (χ3n) is 2.08. The zero-order chi connectivity index (χ0) is 11.5. The predicted molar refractivity (Wildman–Crippen MR) is 55.7 cm³/mol. The molecule has 1 saturated heterocycles. The first-order valence-electron chi connectivity index (χ1n) is 4.80. The number of hydrogen-bond donors (Lipinski definition) is 2. The van der Waals surface area contributed by atoms with Crippen LogP contribution in [-0.4, -0.2) is 45.8 Å². The first-order valence-corrected chi connectivity index (χ1v) is 6.52. The number of sulfonamides is 1. The Kier molecular flexibility index (Phi) is 4.07. The van der Waals surface area contributed by atoms with E-state index in [1.165, 1.54) is 0 Å². The Hall–Kier alpha value is -0.210. The molecule has 1 fully saturated rings. The lowest BCUT2D eigenvalue weighted by atomic mass is 10.2. The lowest BCUT2D eigenvalue weighted by Crippen LogP contribution is -2.49. The molecule has 0 amide bonds. The number of nitrogens with one attached hydrogen (secondary N) is 1. The van der Waals surface area contributed by atoms with E-state index in [0.717, 1.165) is 0 Å². The Morgan fingerprint density at radius 2 is 1.93 bits per heavy atom. The van der Waals surface area contributed by atoms with Gasteiger partial charge in [0.2, 0.25) is 10.0 Å². The van der Waals surface area contributed by atoms with E-state index in [-0.39, 0.29) is 11.8 Å². The average Bonchev–Trinajstić information content (AvgIpc) is 2.06. The highest BCUT2D eigenvalue weighted by Gasteiger charge is 2.27. The van der Waals surface area contributed by atoms with Crippen molar-refractivity contribution in [1.29, 1.82) is 0 Å². The number of primary sulfonamides is 1. The topological polar surface area (TPSA) is 90.6 Å². The maximum Gasteiger partial charge on any atom is 0.210 e. The monoisotopic (exact) mass is 238 g/mol. The van der Waals surface area contributed by atoms with Crippen LogP contribution >= 0.6 is 0 Å². The van der Waals surface area contributed by atoms with Gasteiger partial charge in [-0.25, -0.2) is 13.6 Å². The van der Waals surface area contributed by atoms with Gasteiger partial charge >= 0.3 is 0 Å². The van der Waals surface area contributed by atoms with Crippen molar-refractivity contribution in [1.82, 2.24) is 5.32 Å². The van der Waals surface area contributed by atoms with Gasteiger partial charge in [0.15, 0.2) is 5.79 Å². The maximum absolute atomic E-state index is 10.7. The standard InChI is InChI=1S/C8H18N2O4S/c1-8(2)13-5-7(6-14-8)10-3-4-15(9,11)12/h7,10H,3-6H2,1-2H3,(H2,9,11,12). The summed E-state index contributed by atoms with van der Waals surface area (Å²) in [6.45, 7) is 5.02. The summed E-state index contributed by atoms with van der Waals surface area (Å²) in [7, 11) is -3.39. The molecule has 0 radical (unpaired) electrons. The van der Waals surface area contributed by atoms with Crippen molar-refractivity contribution < 1.29 is 17.9 Å². The van der Waals surface area contributed by atoms with Crippen LogP contribution in [0.5, 0.6) is 0 Å². The van der Waals surface area contributed by atoms with Gasteiger partial charge in [0.1, 0.15) is 0 Å². The molecule has 7 heteroatoms. The van der Waals surface area contributed by atoms with Crippen molar-refractivity contribution >= 4 is 10.0 Å². The largest absolute Gasteiger partial charge is 0.349 e. The summed E-state index contributed by atoms with van der Waals surface area (Å²) in [5.41, 5.74) is 0. The fraction of sp³-hybridized carbons (Fsp3) is 1.00. The zero-order valence-corrected chi connectivity index (χ0v) is 9.84. The second kappa shape index (κ2) is 4.75. The summed E-state index contributed by atoms with van der Waals surface area (Å²) >= 11 is 0. The second-order valence-corrected chi connectivity index (χ2v) is 5.77. The predicted octanol–water partition coefficient (Wildman–Crippen LogP) is -0.984. The van der Waals surface area contributed by atoms with Crippen LogP contribution < -0.4 is 10.5 Å². The smallest absolute Gasteiger partial charge is 0.210 e. The second-order valence-electron chi connectivity index (χ2n) is 4.04. The molecule has 0 aromatic rings. The summed E-state index contributed by atoms with van der Waals surface area (Å²) in [5, 5.41) is 7.87. The van der Waals surface area contributed by atoms with Gasteiger partial charge in [-0.1, -0.05) is 0 Å². The van der Waals surface area contributed by atoms with E-state index >= 15 is 0 Å². The number of rotatable bonds is 4. The van der Waals surface area contributed by atoms with Crippen LogP contribution in [-0.2, 0) is 19.5 Å². The van der Waals surface area contributed by atoms with E-state index in [4.69, 9.17) is 14.6 Å². The Morgan fingerprint density at radius 1 is 1.40 bits per heavy atom. The van der Waals surface area contributed by atoms with Crippen LogP contribution in [0.15, 0.2) is 0 Å². The van der Waals surface area contributed by atoms with Crippen LogP contribution in [0.3, 0.4) is 0 Å². The normalized spacial score (nSPS) is 22.9. The van der Waals surface area contributed by atoms with Gasteiger partial charge in [-0.15, -0.1) is 0 Å². The fourth-order valence-electron chi connectivity index (χ4n) is 1.22. The molecule has 1 aliphatic rings. The molecule has 0 aromatic carbocycles. The molecule has 1 heterocycles. The Morgan fingerprint density at radius 3 is 2.40 bits per heavy atom. The zero-order valence-electron chi connectivity index (χ0n) is 9.02. The highest BCUT2D eigenvalue weighted by molar-refractivity contribution is 7.89. The summed E-state index contributed by atoms with van der Waals surface area (Å²) < 4.78 is 32.1. The van der Waals surface area contributed by atoms with Gasteiger partial charge in [-0.05, 0) is 13.8 Å². The molecule has 1 aliphatic heterocycles. The molecule has 6 nitrogen and oxygen atoms in total. The van der Waals surface area contributed by atoms with E-state index in [1.807, 2.05) is 13.8 Å². The minimum Gasteiger partial charge on any atom is -0.349 e. The van der Waals surface area contributed by atoms with Crippen LogP contribution in [0.1, 0.15) is 13.8 Å². The van der Waals surface area contributed by atoms with Crippen molar-refractivity contribution in [2.24, 2.45) is 5.14 Å². The molecular weight excluding hydrogens is 220 g/mol. The van der Waals surface area contributed by atoms with Gasteiger partial charge in [-0.3, -0.25) is 0 Å². The summed E-state index contributed by atoms with van der Waals surface area (Å²) in [6.07, 6.45) is 0. The Balaban J connectivity index is 2.20. The third-order valence-corrected chi connectivity index (χ3v) is 2.86. The van der Waals surface area contributed by atoms with Crippen molar-refractivity contribution in [3.05, 3.63) is 0 Å². The molecule has 0 aliphatic carbocycles. The Labute approximate surface area is 90.2 Å². The van der Waals surface area contributed by atoms with Gasteiger partial charge < -0.3 is 14.8 Å². The molecule has 3 N–H and O–H groups in total. The molecule has 0 saturated carbocycles. The van der Waals surface area contributed by atoms with Gasteiger partial charge in [0, 0.05) is 6.54 Å². The highest BCUT2D eigenvalue weighted by Crippen LogP contribution is 2.16. The molecule has 1 rings (SSSR count). The third kappa shape index (κ3) is 5.43. The van der Waals surface area contributed by atoms with E-state index in [2.05, 4.69) is 5.32 Å². The fourth-order valence-corrected chi connectivity index (χ4v) is 1.62. The van der Waals surface area contributed by atoms with Crippen molar-refractivity contribution in [2.45, 2.75) is 25.7 Å². The van der Waals surface area contributed by atoms with E-state index in [1.54, 1.807) is 0 Å². The number of ether oxygens (including phenoxy) is 2. The number of hydrogen-bond acceptors (Lipinski definition) is 5. The van der Waals surface area contributed by atoms with Crippen LogP contribution in [0.25, 0.3) is 0 Å². The maximum atomic E-state index is 10.7. The lowest BCUT2D eigenvalue weighted by Gasteiger charge is -2.35. The van der Waals surface area contributed by atoms with Crippen molar-refractivity contribution in [3.63, 3.8) is 0 Å². The highest BCUT2D eigenvalue weighted by atomic mass is 32.2. The summed E-state index contributed by atoms with van der Waals surface area (Å²) in [4.78, 5) is 0.